The van der Waals surface area contributed by atoms with Gasteiger partial charge in [-0.15, -0.1) is 15.0 Å². The number of carbonyl (C=O) groups is 2. The normalized spacial score (nSPS) is 15.3. The number of nitrogens with one attached hydrogen (secondary N) is 1. The van der Waals surface area contributed by atoms with Crippen LogP contribution >= 0.6 is 23.2 Å². The van der Waals surface area contributed by atoms with Gasteiger partial charge in [-0.05, 0) is 42.8 Å². The third-order valence-electron chi connectivity index (χ3n) is 5.01. The van der Waals surface area contributed by atoms with Crippen LogP contribution in [0.3, 0.4) is 0 Å². The van der Waals surface area contributed by atoms with Gasteiger partial charge in [-0.25, -0.2) is 4.39 Å². The van der Waals surface area contributed by atoms with E-state index in [4.69, 9.17) is 34.2 Å². The third kappa shape index (κ3) is 4.60. The molecule has 2 amide bonds. The van der Waals surface area contributed by atoms with Crippen molar-refractivity contribution in [3.63, 3.8) is 0 Å². The van der Waals surface area contributed by atoms with Crippen molar-refractivity contribution >= 4 is 46.5 Å². The molecule has 0 aliphatic carbocycles. The van der Waals surface area contributed by atoms with E-state index >= 15 is 0 Å². The van der Waals surface area contributed by atoms with E-state index in [9.17, 15) is 14.0 Å². The minimum Gasteiger partial charge on any atom is -0.364 e. The molecule has 1 atom stereocenters. The number of nitrogens with zero attached hydrogens (tertiary/aromatic N) is 5. The first-order valence-corrected chi connectivity index (χ1v) is 10.5. The second-order valence-corrected chi connectivity index (χ2v) is 8.11. The van der Waals surface area contributed by atoms with Crippen molar-refractivity contribution < 1.29 is 14.0 Å². The Morgan fingerprint density at radius 3 is 2.39 bits per heavy atom. The molecule has 3 N–H and O–H groups in total. The van der Waals surface area contributed by atoms with Crippen LogP contribution in [-0.2, 0) is 0 Å². The number of hydrogen-bond acceptors (Lipinski definition) is 6. The van der Waals surface area contributed by atoms with Crippen molar-refractivity contribution in [1.29, 1.82) is 5.26 Å². The summed E-state index contributed by atoms with van der Waals surface area (Å²) in [7, 11) is 0. The lowest BCUT2D eigenvalue weighted by Crippen LogP contribution is -2.28. The molecule has 4 rings (SSSR count). The highest BCUT2D eigenvalue weighted by Crippen LogP contribution is 2.30. The lowest BCUT2D eigenvalue weighted by Gasteiger charge is -2.15. The van der Waals surface area contributed by atoms with Gasteiger partial charge in [0, 0.05) is 17.8 Å². The average molecular weight is 488 g/mol. The number of rotatable bonds is 5. The fourth-order valence-electron chi connectivity index (χ4n) is 3.40. The van der Waals surface area contributed by atoms with Crippen molar-refractivity contribution in [2.24, 2.45) is 5.73 Å². The quantitative estimate of drug-likeness (QED) is 0.566. The molecule has 3 aromatic rings. The minimum absolute atomic E-state index is 0.0397. The van der Waals surface area contributed by atoms with Crippen molar-refractivity contribution in [2.75, 3.05) is 18.4 Å². The van der Waals surface area contributed by atoms with E-state index in [0.29, 0.717) is 24.2 Å². The molecule has 2 heterocycles. The Morgan fingerprint density at radius 1 is 1.18 bits per heavy atom. The van der Waals surface area contributed by atoms with E-state index < -0.39 is 12.1 Å². The van der Waals surface area contributed by atoms with Crippen LogP contribution in [-0.4, -0.2) is 51.0 Å². The van der Waals surface area contributed by atoms with Gasteiger partial charge < -0.3 is 16.0 Å². The summed E-state index contributed by atoms with van der Waals surface area (Å²) in [6.45, 7) is 0.468. The van der Waals surface area contributed by atoms with Crippen LogP contribution < -0.4 is 11.1 Å². The second kappa shape index (κ2) is 9.05. The van der Waals surface area contributed by atoms with E-state index in [1.54, 1.807) is 24.3 Å². The number of hydrogen-bond donors (Lipinski definition) is 2. The topological polar surface area (TPSA) is 130 Å². The molecule has 33 heavy (non-hydrogen) atoms. The summed E-state index contributed by atoms with van der Waals surface area (Å²) in [6, 6.07) is 11.1. The zero-order chi connectivity index (χ0) is 23.7. The highest BCUT2D eigenvalue weighted by molar-refractivity contribution is 6.37. The van der Waals surface area contributed by atoms with Gasteiger partial charge in [0.05, 0.1) is 28.2 Å². The molecule has 12 heteroatoms. The lowest BCUT2D eigenvalue weighted by molar-refractivity contribution is 0.0782. The van der Waals surface area contributed by atoms with Crippen molar-refractivity contribution in [3.8, 4) is 11.8 Å². The van der Waals surface area contributed by atoms with Crippen LogP contribution in [0.5, 0.6) is 0 Å². The van der Waals surface area contributed by atoms with E-state index in [2.05, 4.69) is 15.5 Å². The summed E-state index contributed by atoms with van der Waals surface area (Å²) in [5, 5.41) is 20.5. The highest BCUT2D eigenvalue weighted by Gasteiger charge is 2.26. The molecule has 0 radical (unpaired) electrons. The first-order chi connectivity index (χ1) is 15.8. The Hall–Kier alpha value is -3.68. The summed E-state index contributed by atoms with van der Waals surface area (Å²) in [5.74, 6) is -1.06. The first kappa shape index (κ1) is 22.5. The number of likely N-dealkylation sites (tertiary alicyclic amines) is 1. The van der Waals surface area contributed by atoms with Gasteiger partial charge in [0.2, 0.25) is 0 Å². The molecule has 1 aliphatic heterocycles. The molecule has 1 aliphatic rings. The smallest absolute Gasteiger partial charge is 0.273 e. The van der Waals surface area contributed by atoms with Gasteiger partial charge in [-0.1, -0.05) is 23.2 Å². The van der Waals surface area contributed by atoms with Crippen LogP contribution in [0, 0.1) is 11.3 Å². The first-order valence-electron chi connectivity index (χ1n) is 9.74. The average Bonchev–Trinajstić information content (AvgIpc) is 3.39. The molecule has 0 saturated carbocycles. The Balaban J connectivity index is 1.60. The van der Waals surface area contributed by atoms with Gasteiger partial charge >= 0.3 is 0 Å². The SMILES string of the molecule is N#Cc1cc(Cl)c(-n2nc(Nc3ccc(C(=O)N4CC[C@@H](F)C4)cc3)c(C(N)=O)n2)c(Cl)c1. The van der Waals surface area contributed by atoms with Crippen molar-refractivity contribution in [3.05, 3.63) is 63.3 Å². The van der Waals surface area contributed by atoms with Gasteiger partial charge in [0.15, 0.2) is 11.5 Å². The van der Waals surface area contributed by atoms with Crippen LogP contribution in [0.1, 0.15) is 32.8 Å². The number of alkyl halides is 1. The van der Waals surface area contributed by atoms with Crippen LogP contribution in [0.15, 0.2) is 36.4 Å². The number of halogens is 3. The number of anilines is 2. The zero-order valence-corrected chi connectivity index (χ0v) is 18.4. The van der Waals surface area contributed by atoms with Crippen molar-refractivity contribution in [1.82, 2.24) is 19.9 Å². The number of primary amides is 1. The summed E-state index contributed by atoms with van der Waals surface area (Å²) in [6.07, 6.45) is -0.660. The molecule has 0 bridgehead atoms. The van der Waals surface area contributed by atoms with Crippen LogP contribution in [0.25, 0.3) is 5.69 Å². The maximum absolute atomic E-state index is 13.4. The molecule has 9 nitrogen and oxygen atoms in total. The summed E-state index contributed by atoms with van der Waals surface area (Å²) >= 11 is 12.5. The lowest BCUT2D eigenvalue weighted by atomic mass is 10.2. The van der Waals surface area contributed by atoms with Gasteiger partial charge in [0.1, 0.15) is 11.9 Å². The fraction of sp³-hybridized carbons (Fsp3) is 0.190. The number of aromatic nitrogens is 3. The van der Waals surface area contributed by atoms with Crippen LogP contribution in [0.2, 0.25) is 10.0 Å². The van der Waals surface area contributed by atoms with Gasteiger partial charge in [-0.3, -0.25) is 9.59 Å². The number of nitriles is 1. The molecule has 1 saturated heterocycles. The standard InChI is InChI=1S/C21H16Cl2FN7O2/c22-15-7-11(9-25)8-16(23)18(15)31-28-17(19(26)32)20(29-31)27-14-3-1-12(2-4-14)21(33)30-6-5-13(24)10-30/h1-4,7-8,13H,5-6,10H2,(H2,26,32)(H,27,29)/t13-/m1/s1. The van der Waals surface area contributed by atoms with Gasteiger partial charge in [0.25, 0.3) is 11.8 Å². The predicted molar refractivity (Wildman–Crippen MR) is 120 cm³/mol. The summed E-state index contributed by atoms with van der Waals surface area (Å²) < 4.78 is 13.4. The molecule has 1 fully saturated rings. The minimum atomic E-state index is -0.997. The van der Waals surface area contributed by atoms with Crippen molar-refractivity contribution in [2.45, 2.75) is 12.6 Å². The molecule has 168 valence electrons. The third-order valence-corrected chi connectivity index (χ3v) is 5.58. The molecular formula is C21H16Cl2FN7O2. The van der Waals surface area contributed by atoms with E-state index in [0.717, 1.165) is 4.80 Å². The number of amides is 2. The van der Waals surface area contributed by atoms with E-state index in [1.807, 2.05) is 6.07 Å². The second-order valence-electron chi connectivity index (χ2n) is 7.29. The van der Waals surface area contributed by atoms with Gasteiger partial charge in [-0.2, -0.15) is 5.26 Å². The largest absolute Gasteiger partial charge is 0.364 e. The summed E-state index contributed by atoms with van der Waals surface area (Å²) in [5.41, 5.74) is 6.60. The predicted octanol–water partition coefficient (Wildman–Crippen LogP) is 3.47. The fourth-order valence-corrected chi connectivity index (χ4v) is 4.03. The number of benzene rings is 2. The Bertz CT molecular complexity index is 1260. The Labute approximate surface area is 197 Å². The van der Waals surface area contributed by atoms with Crippen LogP contribution in [0.4, 0.5) is 15.9 Å². The monoisotopic (exact) mass is 487 g/mol. The summed E-state index contributed by atoms with van der Waals surface area (Å²) in [4.78, 5) is 26.9. The maximum atomic E-state index is 13.4. The Kier molecular flexibility index (Phi) is 6.18. The molecule has 0 unspecified atom stereocenters. The molecule has 1 aromatic heterocycles. The molecule has 2 aromatic carbocycles. The number of carbonyl (C=O) groups excluding carboxylic acids is 2. The molecular weight excluding hydrogens is 472 g/mol. The Morgan fingerprint density at radius 2 is 1.85 bits per heavy atom. The maximum Gasteiger partial charge on any atom is 0.273 e. The highest BCUT2D eigenvalue weighted by atomic mass is 35.5. The van der Waals surface area contributed by atoms with E-state index in [-0.39, 0.29) is 45.3 Å². The van der Waals surface area contributed by atoms with E-state index in [1.165, 1.54) is 17.0 Å². The molecule has 0 spiro atoms. The zero-order valence-electron chi connectivity index (χ0n) is 16.9. The number of nitrogens with two attached hydrogens (primary N) is 1.